The maximum atomic E-state index is 9.66. The number of aliphatic hydroxyl groups excluding tert-OH is 1. The Morgan fingerprint density at radius 3 is 2.05 bits per heavy atom. The van der Waals surface area contributed by atoms with E-state index < -0.39 is 0 Å². The van der Waals surface area contributed by atoms with Crippen LogP contribution in [0.15, 0.2) is 0 Å². The molecule has 6 nitrogen and oxygen atoms in total. The summed E-state index contributed by atoms with van der Waals surface area (Å²) in [6.45, 7) is 6.99. The molecule has 126 valence electrons. The normalized spacial score (nSPS) is 17.9. The van der Waals surface area contributed by atoms with Crippen LogP contribution in [-0.4, -0.2) is 77.2 Å². The van der Waals surface area contributed by atoms with Crippen LogP contribution in [0, 0.1) is 5.92 Å². The topological polar surface area (TPSA) is 69.2 Å². The SMILES string of the molecule is CCNC(CO)(COCCOCCOCCOC)C1CC1. The smallest absolute Gasteiger partial charge is 0.0701 e. The summed E-state index contributed by atoms with van der Waals surface area (Å²) in [5.74, 6) is 0.539. The number of ether oxygens (including phenoxy) is 4. The summed E-state index contributed by atoms with van der Waals surface area (Å²) >= 11 is 0. The molecule has 1 aliphatic carbocycles. The van der Waals surface area contributed by atoms with E-state index in [0.29, 0.717) is 52.2 Å². The lowest BCUT2D eigenvalue weighted by Gasteiger charge is -2.32. The van der Waals surface area contributed by atoms with Crippen molar-refractivity contribution in [3.63, 3.8) is 0 Å². The molecule has 6 heteroatoms. The first-order chi connectivity index (χ1) is 10.3. The summed E-state index contributed by atoms with van der Waals surface area (Å²) in [5, 5.41) is 13.1. The minimum absolute atomic E-state index is 0.125. The first kappa shape index (κ1) is 18.8. The second-order valence-electron chi connectivity index (χ2n) is 5.39. The van der Waals surface area contributed by atoms with Gasteiger partial charge in [0.05, 0.1) is 58.4 Å². The average molecular weight is 305 g/mol. The molecule has 0 radical (unpaired) electrons. The second kappa shape index (κ2) is 11.3. The van der Waals surface area contributed by atoms with E-state index in [1.165, 1.54) is 12.8 Å². The quantitative estimate of drug-likeness (QED) is 0.428. The molecule has 0 aromatic rings. The van der Waals surface area contributed by atoms with Gasteiger partial charge in [-0.1, -0.05) is 6.92 Å². The average Bonchev–Trinajstić information content (AvgIpc) is 3.33. The van der Waals surface area contributed by atoms with Crippen LogP contribution in [-0.2, 0) is 18.9 Å². The van der Waals surface area contributed by atoms with E-state index >= 15 is 0 Å². The van der Waals surface area contributed by atoms with Gasteiger partial charge in [0.1, 0.15) is 0 Å². The zero-order valence-corrected chi connectivity index (χ0v) is 13.4. The molecule has 0 aliphatic heterocycles. The Balaban J connectivity index is 1.99. The molecule has 21 heavy (non-hydrogen) atoms. The van der Waals surface area contributed by atoms with Crippen LogP contribution in [0.2, 0.25) is 0 Å². The van der Waals surface area contributed by atoms with Gasteiger partial charge in [0.15, 0.2) is 0 Å². The van der Waals surface area contributed by atoms with Crippen LogP contribution in [0.4, 0.5) is 0 Å². The molecule has 1 rings (SSSR count). The fourth-order valence-electron chi connectivity index (χ4n) is 2.37. The van der Waals surface area contributed by atoms with Crippen LogP contribution >= 0.6 is 0 Å². The Bertz CT molecular complexity index is 250. The van der Waals surface area contributed by atoms with Crippen molar-refractivity contribution in [2.24, 2.45) is 5.92 Å². The molecule has 0 saturated heterocycles. The summed E-state index contributed by atoms with van der Waals surface area (Å²) in [6.07, 6.45) is 2.35. The van der Waals surface area contributed by atoms with Gasteiger partial charge >= 0.3 is 0 Å². The molecule has 1 fully saturated rings. The van der Waals surface area contributed by atoms with Crippen molar-refractivity contribution in [3.8, 4) is 0 Å². The number of methoxy groups -OCH3 is 1. The van der Waals surface area contributed by atoms with Gasteiger partial charge in [0.25, 0.3) is 0 Å². The Labute approximate surface area is 128 Å². The van der Waals surface area contributed by atoms with Crippen LogP contribution in [0.3, 0.4) is 0 Å². The minimum atomic E-state index is -0.266. The highest BCUT2D eigenvalue weighted by molar-refractivity contribution is 5.00. The van der Waals surface area contributed by atoms with E-state index in [-0.39, 0.29) is 12.1 Å². The fourth-order valence-corrected chi connectivity index (χ4v) is 2.37. The molecule has 2 N–H and O–H groups in total. The monoisotopic (exact) mass is 305 g/mol. The van der Waals surface area contributed by atoms with Crippen molar-refractivity contribution in [2.75, 3.05) is 66.5 Å². The van der Waals surface area contributed by atoms with E-state index in [4.69, 9.17) is 18.9 Å². The Hall–Kier alpha value is -0.240. The van der Waals surface area contributed by atoms with Crippen LogP contribution in [0.1, 0.15) is 19.8 Å². The van der Waals surface area contributed by atoms with Gasteiger partial charge < -0.3 is 29.4 Å². The number of likely N-dealkylation sites (N-methyl/N-ethyl adjacent to an activating group) is 1. The van der Waals surface area contributed by atoms with Crippen molar-refractivity contribution in [1.82, 2.24) is 5.32 Å². The molecule has 0 aromatic carbocycles. The fraction of sp³-hybridized carbons (Fsp3) is 1.00. The number of aliphatic hydroxyl groups is 1. The largest absolute Gasteiger partial charge is 0.394 e. The van der Waals surface area contributed by atoms with Gasteiger partial charge in [0, 0.05) is 7.11 Å². The predicted octanol–water partition coefficient (Wildman–Crippen LogP) is 0.433. The third-order valence-electron chi connectivity index (χ3n) is 3.71. The van der Waals surface area contributed by atoms with Crippen LogP contribution in [0.5, 0.6) is 0 Å². The highest BCUT2D eigenvalue weighted by Crippen LogP contribution is 2.39. The summed E-state index contributed by atoms with van der Waals surface area (Å²) in [6, 6.07) is 0. The Kier molecular flexibility index (Phi) is 10.2. The second-order valence-corrected chi connectivity index (χ2v) is 5.39. The number of hydrogen-bond donors (Lipinski definition) is 2. The van der Waals surface area contributed by atoms with Crippen molar-refractivity contribution >= 4 is 0 Å². The highest BCUT2D eigenvalue weighted by Gasteiger charge is 2.44. The third-order valence-corrected chi connectivity index (χ3v) is 3.71. The number of hydrogen-bond acceptors (Lipinski definition) is 6. The van der Waals surface area contributed by atoms with Crippen LogP contribution < -0.4 is 5.32 Å². The molecular weight excluding hydrogens is 274 g/mol. The molecule has 0 spiro atoms. The molecule has 0 aromatic heterocycles. The lowest BCUT2D eigenvalue weighted by Crippen LogP contribution is -2.54. The van der Waals surface area contributed by atoms with Gasteiger partial charge in [-0.25, -0.2) is 0 Å². The van der Waals surface area contributed by atoms with Crippen molar-refractivity contribution in [3.05, 3.63) is 0 Å². The van der Waals surface area contributed by atoms with E-state index in [9.17, 15) is 5.11 Å². The molecular formula is C15H31NO5. The molecule has 0 bridgehead atoms. The summed E-state index contributed by atoms with van der Waals surface area (Å²) < 4.78 is 21.3. The molecule has 1 aliphatic rings. The lowest BCUT2D eigenvalue weighted by atomic mass is 9.95. The van der Waals surface area contributed by atoms with Gasteiger partial charge in [-0.15, -0.1) is 0 Å². The van der Waals surface area contributed by atoms with E-state index in [2.05, 4.69) is 12.2 Å². The zero-order valence-electron chi connectivity index (χ0n) is 13.4. The van der Waals surface area contributed by atoms with Crippen molar-refractivity contribution in [2.45, 2.75) is 25.3 Å². The van der Waals surface area contributed by atoms with Gasteiger partial charge in [0.2, 0.25) is 0 Å². The lowest BCUT2D eigenvalue weighted by molar-refractivity contribution is -0.0187. The molecule has 1 atom stereocenters. The van der Waals surface area contributed by atoms with Crippen molar-refractivity contribution in [1.29, 1.82) is 0 Å². The maximum absolute atomic E-state index is 9.66. The predicted molar refractivity (Wildman–Crippen MR) is 80.6 cm³/mol. The standard InChI is InChI=1S/C15H31NO5/c1-3-16-15(12-17,14-4-5-14)13-21-11-10-20-9-8-19-7-6-18-2/h14,16-17H,3-13H2,1-2H3. The maximum Gasteiger partial charge on any atom is 0.0701 e. The zero-order chi connectivity index (χ0) is 15.4. The van der Waals surface area contributed by atoms with Gasteiger partial charge in [-0.3, -0.25) is 0 Å². The van der Waals surface area contributed by atoms with Crippen LogP contribution in [0.25, 0.3) is 0 Å². The number of nitrogens with one attached hydrogen (secondary N) is 1. The Morgan fingerprint density at radius 1 is 1.00 bits per heavy atom. The third kappa shape index (κ3) is 7.54. The molecule has 1 unspecified atom stereocenters. The van der Waals surface area contributed by atoms with Gasteiger partial charge in [-0.2, -0.15) is 0 Å². The first-order valence-electron chi connectivity index (χ1n) is 7.87. The Morgan fingerprint density at radius 2 is 1.57 bits per heavy atom. The summed E-state index contributed by atoms with van der Waals surface area (Å²) in [7, 11) is 1.65. The van der Waals surface area contributed by atoms with E-state index in [1.54, 1.807) is 7.11 Å². The number of rotatable bonds is 15. The van der Waals surface area contributed by atoms with Gasteiger partial charge in [-0.05, 0) is 25.3 Å². The van der Waals surface area contributed by atoms with E-state index in [0.717, 1.165) is 6.54 Å². The molecule has 0 amide bonds. The summed E-state index contributed by atoms with van der Waals surface area (Å²) in [4.78, 5) is 0. The minimum Gasteiger partial charge on any atom is -0.394 e. The first-order valence-corrected chi connectivity index (χ1v) is 7.87. The molecule has 0 heterocycles. The van der Waals surface area contributed by atoms with E-state index in [1.807, 2.05) is 0 Å². The molecule has 1 saturated carbocycles. The van der Waals surface area contributed by atoms with Crippen molar-refractivity contribution < 1.29 is 24.1 Å². The highest BCUT2D eigenvalue weighted by atomic mass is 16.6. The summed E-state index contributed by atoms with van der Waals surface area (Å²) in [5.41, 5.74) is -0.266.